The van der Waals surface area contributed by atoms with Crippen molar-refractivity contribution in [3.8, 4) is 12.1 Å². The average Bonchev–Trinajstić information content (AvgIpc) is 2.68. The Labute approximate surface area is 165 Å². The number of halogens is 1. The van der Waals surface area contributed by atoms with Crippen LogP contribution in [0.3, 0.4) is 0 Å². The van der Waals surface area contributed by atoms with Gasteiger partial charge in [-0.25, -0.2) is 9.59 Å². The topological polar surface area (TPSA) is 122 Å². The zero-order valence-corrected chi connectivity index (χ0v) is 15.6. The zero-order valence-electron chi connectivity index (χ0n) is 14.0. The van der Waals surface area contributed by atoms with Crippen molar-refractivity contribution in [1.82, 2.24) is 0 Å². The summed E-state index contributed by atoms with van der Waals surface area (Å²) in [4.78, 5) is 19.4. The van der Waals surface area contributed by atoms with Crippen molar-refractivity contribution in [1.29, 1.82) is 10.5 Å². The third-order valence-corrected chi connectivity index (χ3v) is 3.13. The van der Waals surface area contributed by atoms with E-state index in [1.807, 2.05) is 24.3 Å². The predicted octanol–water partition coefficient (Wildman–Crippen LogP) is 4.23. The third-order valence-electron chi connectivity index (χ3n) is 2.61. The summed E-state index contributed by atoms with van der Waals surface area (Å²) in [7, 11) is 0. The number of aliphatic carboxylic acids is 2. The van der Waals surface area contributed by atoms with Gasteiger partial charge in [0.1, 0.15) is 0 Å². The SMILES string of the molecule is C=CC(=O)O.N#Cc1ccc(/C=C/C(=O)O)cc1.N#Cc1ccc(Br)cc1. The van der Waals surface area contributed by atoms with Crippen LogP contribution in [-0.4, -0.2) is 22.2 Å². The van der Waals surface area contributed by atoms with Crippen LogP contribution in [0, 0.1) is 22.7 Å². The Bertz CT molecular complexity index is 874. The summed E-state index contributed by atoms with van der Waals surface area (Å²) in [6, 6.07) is 17.9. The van der Waals surface area contributed by atoms with Crippen molar-refractivity contribution < 1.29 is 19.8 Å². The highest BCUT2D eigenvalue weighted by molar-refractivity contribution is 9.10. The maximum absolute atomic E-state index is 10.2. The lowest BCUT2D eigenvalue weighted by molar-refractivity contribution is -0.132. The van der Waals surface area contributed by atoms with E-state index in [9.17, 15) is 9.59 Å². The number of nitrogens with zero attached hydrogens (tertiary/aromatic N) is 2. The van der Waals surface area contributed by atoms with Crippen molar-refractivity contribution >= 4 is 33.9 Å². The number of rotatable bonds is 3. The molecule has 2 aromatic rings. The van der Waals surface area contributed by atoms with E-state index in [0.717, 1.165) is 22.2 Å². The number of nitriles is 2. The Morgan fingerprint density at radius 3 is 1.63 bits per heavy atom. The van der Waals surface area contributed by atoms with Gasteiger partial charge in [-0.3, -0.25) is 0 Å². The molecule has 0 fully saturated rings. The van der Waals surface area contributed by atoms with E-state index in [0.29, 0.717) is 11.1 Å². The lowest BCUT2D eigenvalue weighted by atomic mass is 10.1. The van der Waals surface area contributed by atoms with Gasteiger partial charge in [0.25, 0.3) is 0 Å². The lowest BCUT2D eigenvalue weighted by Gasteiger charge is -1.91. The number of carboxylic acid groups (broad SMARTS) is 2. The molecule has 0 saturated heterocycles. The summed E-state index contributed by atoms with van der Waals surface area (Å²) >= 11 is 3.27. The van der Waals surface area contributed by atoms with Gasteiger partial charge in [-0.2, -0.15) is 10.5 Å². The second-order valence-corrected chi connectivity index (χ2v) is 5.48. The summed E-state index contributed by atoms with van der Waals surface area (Å²) < 4.78 is 1.00. The van der Waals surface area contributed by atoms with E-state index in [1.165, 1.54) is 6.08 Å². The van der Waals surface area contributed by atoms with Crippen LogP contribution >= 0.6 is 15.9 Å². The van der Waals surface area contributed by atoms with Crippen LogP contribution in [0.1, 0.15) is 16.7 Å². The van der Waals surface area contributed by atoms with Crippen LogP contribution in [0.2, 0.25) is 0 Å². The Kier molecular flexibility index (Phi) is 11.7. The molecule has 7 heteroatoms. The van der Waals surface area contributed by atoms with Crippen LogP contribution in [0.25, 0.3) is 6.08 Å². The second-order valence-electron chi connectivity index (χ2n) is 4.57. The van der Waals surface area contributed by atoms with Crippen molar-refractivity contribution in [3.63, 3.8) is 0 Å². The van der Waals surface area contributed by atoms with Crippen molar-refractivity contribution in [2.45, 2.75) is 0 Å². The Hall–Kier alpha value is -3.68. The smallest absolute Gasteiger partial charge is 0.328 e. The van der Waals surface area contributed by atoms with Gasteiger partial charge in [-0.15, -0.1) is 0 Å². The van der Waals surface area contributed by atoms with Crippen LogP contribution in [0.5, 0.6) is 0 Å². The maximum Gasteiger partial charge on any atom is 0.328 e. The molecule has 0 aliphatic rings. The van der Waals surface area contributed by atoms with Crippen molar-refractivity contribution in [3.05, 3.63) is 88.4 Å². The number of benzene rings is 2. The number of carbonyl (C=O) groups is 2. The molecule has 6 nitrogen and oxygen atoms in total. The van der Waals surface area contributed by atoms with Crippen molar-refractivity contribution in [2.75, 3.05) is 0 Å². The Morgan fingerprint density at radius 1 is 0.889 bits per heavy atom. The van der Waals surface area contributed by atoms with Gasteiger partial charge in [0.15, 0.2) is 0 Å². The maximum atomic E-state index is 10.2. The molecular weight excluding hydrogens is 412 g/mol. The first kappa shape index (κ1) is 23.3. The molecule has 0 aliphatic heterocycles. The predicted molar refractivity (Wildman–Crippen MR) is 105 cm³/mol. The molecule has 0 radical (unpaired) electrons. The van der Waals surface area contributed by atoms with E-state index in [4.69, 9.17) is 20.7 Å². The summed E-state index contributed by atoms with van der Waals surface area (Å²) in [6.45, 7) is 2.96. The molecule has 0 aromatic heterocycles. The van der Waals surface area contributed by atoms with E-state index in [-0.39, 0.29) is 0 Å². The normalized spacial score (nSPS) is 8.70. The molecule has 0 unspecified atom stereocenters. The summed E-state index contributed by atoms with van der Waals surface area (Å²) in [5.41, 5.74) is 2.02. The van der Waals surface area contributed by atoms with Crippen LogP contribution < -0.4 is 0 Å². The summed E-state index contributed by atoms with van der Waals surface area (Å²) in [6.07, 6.45) is 3.37. The van der Waals surface area contributed by atoms with Gasteiger partial charge in [0.2, 0.25) is 0 Å². The average molecular weight is 427 g/mol. The van der Waals surface area contributed by atoms with Gasteiger partial charge in [0.05, 0.1) is 23.3 Å². The number of hydrogen-bond donors (Lipinski definition) is 2. The monoisotopic (exact) mass is 426 g/mol. The highest BCUT2D eigenvalue weighted by Crippen LogP contribution is 2.09. The molecular formula is C20H15BrN2O4. The van der Waals surface area contributed by atoms with Crippen molar-refractivity contribution in [2.24, 2.45) is 0 Å². The van der Waals surface area contributed by atoms with Gasteiger partial charge < -0.3 is 10.2 Å². The Morgan fingerprint density at radius 2 is 1.30 bits per heavy atom. The minimum atomic E-state index is -0.982. The molecule has 2 aromatic carbocycles. The fourth-order valence-electron chi connectivity index (χ4n) is 1.36. The minimum absolute atomic E-state index is 0.562. The molecule has 0 spiro atoms. The first-order valence-corrected chi connectivity index (χ1v) is 8.03. The molecule has 27 heavy (non-hydrogen) atoms. The fraction of sp³-hybridized carbons (Fsp3) is 0. The molecule has 0 bridgehead atoms. The quantitative estimate of drug-likeness (QED) is 0.707. The molecule has 0 atom stereocenters. The molecule has 136 valence electrons. The third kappa shape index (κ3) is 12.3. The molecule has 0 aliphatic carbocycles. The number of carboxylic acids is 2. The van der Waals surface area contributed by atoms with E-state index >= 15 is 0 Å². The van der Waals surface area contributed by atoms with Crippen LogP contribution in [0.4, 0.5) is 0 Å². The van der Waals surface area contributed by atoms with E-state index in [2.05, 4.69) is 22.5 Å². The molecule has 2 rings (SSSR count). The molecule has 0 heterocycles. The molecule has 0 saturated carbocycles. The Balaban J connectivity index is 0.000000419. The number of hydrogen-bond acceptors (Lipinski definition) is 4. The summed E-state index contributed by atoms with van der Waals surface area (Å²) in [5.74, 6) is -1.96. The minimum Gasteiger partial charge on any atom is -0.478 e. The molecule has 2 N–H and O–H groups in total. The highest BCUT2D eigenvalue weighted by Gasteiger charge is 1.90. The standard InChI is InChI=1S/C10H7NO2.C7H4BrN.C3H4O2/c11-7-9-3-1-8(2-4-9)5-6-10(12)13;8-7-3-1-6(5-9)2-4-7;1-2-3(4)5/h1-6H,(H,12,13);1-4H;2H,1H2,(H,4,5)/b6-5+;;. The van der Waals surface area contributed by atoms with Gasteiger partial charge in [0, 0.05) is 16.6 Å². The van der Waals surface area contributed by atoms with Crippen LogP contribution in [0.15, 0.2) is 71.7 Å². The largest absolute Gasteiger partial charge is 0.478 e. The first-order valence-electron chi connectivity index (χ1n) is 7.24. The zero-order chi connectivity index (χ0) is 20.7. The van der Waals surface area contributed by atoms with Gasteiger partial charge >= 0.3 is 11.9 Å². The van der Waals surface area contributed by atoms with E-state index < -0.39 is 11.9 Å². The first-order chi connectivity index (χ1) is 12.8. The van der Waals surface area contributed by atoms with E-state index in [1.54, 1.807) is 36.4 Å². The second kappa shape index (κ2) is 13.6. The molecule has 0 amide bonds. The lowest BCUT2D eigenvalue weighted by Crippen LogP contribution is -1.85. The fourth-order valence-corrected chi connectivity index (χ4v) is 1.63. The van der Waals surface area contributed by atoms with Gasteiger partial charge in [-0.1, -0.05) is 34.6 Å². The van der Waals surface area contributed by atoms with Crippen LogP contribution in [-0.2, 0) is 9.59 Å². The van der Waals surface area contributed by atoms with Gasteiger partial charge in [-0.05, 0) is 48.0 Å². The summed E-state index contributed by atoms with van der Waals surface area (Å²) in [5, 5.41) is 32.8. The highest BCUT2D eigenvalue weighted by atomic mass is 79.9.